The van der Waals surface area contributed by atoms with E-state index in [2.05, 4.69) is 30.9 Å². The smallest absolute Gasteiger partial charge is 0.315 e. The zero-order chi connectivity index (χ0) is 26.9. The van der Waals surface area contributed by atoms with E-state index in [-0.39, 0.29) is 17.1 Å². The van der Waals surface area contributed by atoms with E-state index in [1.54, 1.807) is 14.0 Å². The van der Waals surface area contributed by atoms with E-state index in [0.717, 1.165) is 62.0 Å². The number of para-hydroxylation sites is 1. The number of esters is 1. The summed E-state index contributed by atoms with van der Waals surface area (Å²) < 4.78 is 34.4. The van der Waals surface area contributed by atoms with Crippen molar-refractivity contribution in [1.29, 1.82) is 0 Å². The molecule has 3 rings (SSSR count). The molecule has 0 aliphatic carbocycles. The highest BCUT2D eigenvalue weighted by Crippen LogP contribution is 2.61. The number of benzene rings is 2. The fourth-order valence-electron chi connectivity index (χ4n) is 5.15. The molecular formula is C29H43NO5S2. The second kappa shape index (κ2) is 13.8. The predicted octanol–water partition coefficient (Wildman–Crippen LogP) is 8.12. The Balaban J connectivity index is 2.10. The lowest BCUT2D eigenvalue weighted by molar-refractivity contribution is -0.139. The number of nitrogens with zero attached hydrogens (tertiary/aromatic N) is 1. The summed E-state index contributed by atoms with van der Waals surface area (Å²) in [7, 11) is -1.45. The molecule has 6 nitrogen and oxygen atoms in total. The molecule has 1 aliphatic heterocycles. The molecule has 0 aromatic heterocycles. The summed E-state index contributed by atoms with van der Waals surface area (Å²) in [5.74, 6) is 1.53. The van der Waals surface area contributed by atoms with Crippen LogP contribution in [0.1, 0.15) is 64.9 Å². The van der Waals surface area contributed by atoms with Crippen molar-refractivity contribution >= 4 is 39.7 Å². The summed E-state index contributed by atoms with van der Waals surface area (Å²) in [5.41, 5.74) is 2.45. The number of hydrogen-bond acceptors (Lipinski definition) is 7. The molecule has 1 heterocycles. The Morgan fingerprint density at radius 3 is 2.35 bits per heavy atom. The van der Waals surface area contributed by atoms with Crippen molar-refractivity contribution in [1.82, 2.24) is 0 Å². The second-order valence-electron chi connectivity index (χ2n) is 9.87. The topological polar surface area (TPSA) is 79.2 Å². The van der Waals surface area contributed by atoms with Gasteiger partial charge in [0.2, 0.25) is 0 Å². The van der Waals surface area contributed by atoms with Crippen molar-refractivity contribution in [2.24, 2.45) is 5.41 Å². The van der Waals surface area contributed by atoms with E-state index in [1.807, 2.05) is 30.3 Å². The summed E-state index contributed by atoms with van der Waals surface area (Å²) in [4.78, 5) is 14.7. The van der Waals surface area contributed by atoms with Crippen LogP contribution in [-0.4, -0.2) is 46.8 Å². The number of ether oxygens (including phenoxy) is 2. The predicted molar refractivity (Wildman–Crippen MR) is 157 cm³/mol. The van der Waals surface area contributed by atoms with E-state index in [0.29, 0.717) is 28.8 Å². The van der Waals surface area contributed by atoms with Crippen LogP contribution in [0.3, 0.4) is 0 Å². The van der Waals surface area contributed by atoms with Crippen LogP contribution in [0.25, 0.3) is 0 Å². The lowest BCUT2D eigenvalue weighted by atomic mass is 9.79. The van der Waals surface area contributed by atoms with Gasteiger partial charge in [0.1, 0.15) is 5.75 Å². The van der Waals surface area contributed by atoms with Crippen molar-refractivity contribution < 1.29 is 23.4 Å². The van der Waals surface area contributed by atoms with E-state index in [1.165, 1.54) is 11.8 Å². The third-order valence-electron chi connectivity index (χ3n) is 6.98. The first-order valence-electron chi connectivity index (χ1n) is 13.3. The van der Waals surface area contributed by atoms with Crippen LogP contribution in [0.4, 0.5) is 11.4 Å². The molecule has 0 saturated carbocycles. The maximum Gasteiger partial charge on any atom is 0.315 e. The van der Waals surface area contributed by atoms with Crippen molar-refractivity contribution in [2.75, 3.05) is 36.7 Å². The minimum atomic E-state index is -3.08. The molecule has 2 aromatic rings. The number of carbonyl (C=O) groups is 1. The van der Waals surface area contributed by atoms with Crippen molar-refractivity contribution in [2.45, 2.75) is 69.9 Å². The molecular weight excluding hydrogens is 506 g/mol. The first-order chi connectivity index (χ1) is 17.8. The van der Waals surface area contributed by atoms with Gasteiger partial charge in [-0.25, -0.2) is 0 Å². The standard InChI is InChI=1S/C29H43NO5S2/c1-5-8-15-29(16-9-6-2)21-30(24-13-11-10-12-14-24)25-18-26(34-4)23(17-27(25)37(32,33)22-29)19-36-20-28(31)35-7-3/h10-14,17-18,32-33H,5-9,15-16,19-22H2,1-4H3. The van der Waals surface area contributed by atoms with Crippen LogP contribution in [0.5, 0.6) is 5.75 Å². The third kappa shape index (κ3) is 7.59. The lowest BCUT2D eigenvalue weighted by Gasteiger charge is -2.42. The quantitative estimate of drug-likeness (QED) is 0.244. The van der Waals surface area contributed by atoms with Gasteiger partial charge in [-0.1, -0.05) is 57.7 Å². The zero-order valence-corrected chi connectivity index (χ0v) is 24.3. The molecule has 0 spiro atoms. The number of methoxy groups -OCH3 is 1. The highest BCUT2D eigenvalue weighted by atomic mass is 32.3. The number of rotatable bonds is 13. The molecule has 2 N–H and O–H groups in total. The molecule has 0 bridgehead atoms. The van der Waals surface area contributed by atoms with Crippen LogP contribution in [0, 0.1) is 5.41 Å². The van der Waals surface area contributed by atoms with Gasteiger partial charge in [-0.3, -0.25) is 13.9 Å². The first-order valence-corrected chi connectivity index (χ1v) is 16.2. The zero-order valence-electron chi connectivity index (χ0n) is 22.7. The fraction of sp³-hybridized carbons (Fsp3) is 0.552. The number of thioether (sulfide) groups is 1. The molecule has 0 unspecified atom stereocenters. The molecule has 2 aromatic carbocycles. The molecule has 37 heavy (non-hydrogen) atoms. The highest BCUT2D eigenvalue weighted by molar-refractivity contribution is 8.24. The van der Waals surface area contributed by atoms with Crippen molar-refractivity contribution in [3.8, 4) is 5.75 Å². The summed E-state index contributed by atoms with van der Waals surface area (Å²) in [6.45, 7) is 7.26. The van der Waals surface area contributed by atoms with Gasteiger partial charge in [0.15, 0.2) is 0 Å². The molecule has 1 aliphatic rings. The van der Waals surface area contributed by atoms with Gasteiger partial charge in [0.05, 0.1) is 30.1 Å². The minimum absolute atomic E-state index is 0.216. The SMILES string of the molecule is CCCCC1(CCCC)CN(c2ccccc2)c2cc(OC)c(CSCC(=O)OCC)cc2S(O)(O)C1. The monoisotopic (exact) mass is 549 g/mol. The molecule has 0 atom stereocenters. The molecule has 0 amide bonds. The van der Waals surface area contributed by atoms with Gasteiger partial charge < -0.3 is 14.4 Å². The molecule has 206 valence electrons. The summed E-state index contributed by atoms with van der Waals surface area (Å²) >= 11 is 1.44. The fourth-order valence-corrected chi connectivity index (χ4v) is 8.18. The van der Waals surface area contributed by atoms with Crippen LogP contribution in [0.15, 0.2) is 47.4 Å². The summed E-state index contributed by atoms with van der Waals surface area (Å²) in [6, 6.07) is 14.1. The number of anilines is 2. The molecule has 0 saturated heterocycles. The molecule has 8 heteroatoms. The number of fused-ring (bicyclic) bond motifs is 1. The average molecular weight is 550 g/mol. The lowest BCUT2D eigenvalue weighted by Crippen LogP contribution is -2.37. The average Bonchev–Trinajstić information content (AvgIpc) is 2.98. The number of hydrogen-bond donors (Lipinski definition) is 2. The van der Waals surface area contributed by atoms with Gasteiger partial charge in [0, 0.05) is 40.8 Å². The van der Waals surface area contributed by atoms with Gasteiger partial charge in [-0.2, -0.15) is 10.6 Å². The number of unbranched alkanes of at least 4 members (excludes halogenated alkanes) is 2. The maximum atomic E-state index is 11.9. The Bertz CT molecular complexity index is 1010. The van der Waals surface area contributed by atoms with E-state index >= 15 is 0 Å². The Kier molecular flexibility index (Phi) is 11.1. The van der Waals surface area contributed by atoms with Gasteiger partial charge >= 0.3 is 5.97 Å². The van der Waals surface area contributed by atoms with Crippen LogP contribution < -0.4 is 9.64 Å². The van der Waals surface area contributed by atoms with Crippen LogP contribution >= 0.6 is 22.4 Å². The Morgan fingerprint density at radius 1 is 1.08 bits per heavy atom. The maximum absolute atomic E-state index is 11.9. The third-order valence-corrected chi connectivity index (χ3v) is 9.98. The Hall–Kier alpha value is -1.87. The molecule has 0 fully saturated rings. The largest absolute Gasteiger partial charge is 0.496 e. The Morgan fingerprint density at radius 2 is 1.76 bits per heavy atom. The van der Waals surface area contributed by atoms with Gasteiger partial charge in [-0.15, -0.1) is 11.8 Å². The van der Waals surface area contributed by atoms with E-state index in [9.17, 15) is 13.9 Å². The second-order valence-corrected chi connectivity index (χ2v) is 12.9. The van der Waals surface area contributed by atoms with Crippen molar-refractivity contribution in [3.05, 3.63) is 48.0 Å². The highest BCUT2D eigenvalue weighted by Gasteiger charge is 2.42. The first kappa shape index (κ1) is 29.7. The summed E-state index contributed by atoms with van der Waals surface area (Å²) in [6.07, 6.45) is 6.16. The summed E-state index contributed by atoms with van der Waals surface area (Å²) in [5, 5.41) is 0. The van der Waals surface area contributed by atoms with Crippen LogP contribution in [-0.2, 0) is 15.3 Å². The molecule has 0 radical (unpaired) electrons. The van der Waals surface area contributed by atoms with Crippen LogP contribution in [0.2, 0.25) is 0 Å². The van der Waals surface area contributed by atoms with Gasteiger partial charge in [-0.05, 0) is 38.0 Å². The van der Waals surface area contributed by atoms with E-state index in [4.69, 9.17) is 9.47 Å². The van der Waals surface area contributed by atoms with Gasteiger partial charge in [0.25, 0.3) is 0 Å². The Labute approximate surface area is 228 Å². The normalized spacial score (nSPS) is 17.0. The number of carbonyl (C=O) groups excluding carboxylic acids is 1. The minimum Gasteiger partial charge on any atom is -0.496 e. The van der Waals surface area contributed by atoms with Crippen molar-refractivity contribution in [3.63, 3.8) is 0 Å². The van der Waals surface area contributed by atoms with E-state index < -0.39 is 10.6 Å².